The maximum absolute atomic E-state index is 9.76. The summed E-state index contributed by atoms with van der Waals surface area (Å²) in [5.41, 5.74) is -0.205. The molecule has 1 unspecified atom stereocenters. The lowest BCUT2D eigenvalue weighted by Gasteiger charge is -2.20. The van der Waals surface area contributed by atoms with E-state index in [2.05, 4.69) is 18.8 Å². The van der Waals surface area contributed by atoms with Crippen molar-refractivity contribution in [1.29, 1.82) is 0 Å². The summed E-state index contributed by atoms with van der Waals surface area (Å²) in [6.45, 7) is 2.18. The molecule has 0 heterocycles. The highest BCUT2D eigenvalue weighted by molar-refractivity contribution is 5.16. The Balaban J connectivity index is 2.28. The first-order chi connectivity index (χ1) is 8.22. The van der Waals surface area contributed by atoms with Crippen LogP contribution >= 0.6 is 0 Å². The number of aliphatic hydroxyl groups excluding tert-OH is 1. The van der Waals surface area contributed by atoms with E-state index < -0.39 is 0 Å². The predicted molar refractivity (Wildman–Crippen MR) is 70.7 cm³/mol. The highest BCUT2D eigenvalue weighted by atomic mass is 16.5. The summed E-state index contributed by atoms with van der Waals surface area (Å²) in [5, 5.41) is 9.76. The van der Waals surface area contributed by atoms with Gasteiger partial charge in [-0.15, -0.1) is 0 Å². The molecule has 1 N–H and O–H groups in total. The molecule has 0 amide bonds. The third-order valence-corrected chi connectivity index (χ3v) is 3.60. The molecule has 0 aromatic carbocycles. The van der Waals surface area contributed by atoms with Crippen LogP contribution in [0.2, 0.25) is 0 Å². The van der Waals surface area contributed by atoms with Crippen molar-refractivity contribution in [3.05, 3.63) is 0 Å². The fourth-order valence-corrected chi connectivity index (χ4v) is 2.39. The van der Waals surface area contributed by atoms with Gasteiger partial charge in [-0.25, -0.2) is 0 Å². The van der Waals surface area contributed by atoms with Gasteiger partial charge in [0.1, 0.15) is 5.60 Å². The smallest absolute Gasteiger partial charge is 0.128 e. The molecule has 1 fully saturated rings. The quantitative estimate of drug-likeness (QED) is 0.568. The lowest BCUT2D eigenvalue weighted by molar-refractivity contribution is 0.0472. The van der Waals surface area contributed by atoms with E-state index in [1.807, 2.05) is 0 Å². The van der Waals surface area contributed by atoms with E-state index in [1.165, 1.54) is 25.7 Å². The Morgan fingerprint density at radius 1 is 1.29 bits per heavy atom. The van der Waals surface area contributed by atoms with Crippen LogP contribution in [0.25, 0.3) is 0 Å². The van der Waals surface area contributed by atoms with E-state index in [9.17, 15) is 5.11 Å². The molecule has 0 spiro atoms. The Bertz CT molecular complexity index is 256. The van der Waals surface area contributed by atoms with Crippen molar-refractivity contribution in [2.24, 2.45) is 0 Å². The number of ether oxygens (including phenoxy) is 1. The van der Waals surface area contributed by atoms with Crippen molar-refractivity contribution >= 4 is 0 Å². The number of hydrogen-bond acceptors (Lipinski definition) is 2. The second-order valence-corrected chi connectivity index (χ2v) is 5.06. The monoisotopic (exact) mass is 238 g/mol. The molecule has 98 valence electrons. The molecule has 1 aliphatic rings. The van der Waals surface area contributed by atoms with Gasteiger partial charge in [0, 0.05) is 13.5 Å². The van der Waals surface area contributed by atoms with E-state index >= 15 is 0 Å². The van der Waals surface area contributed by atoms with Gasteiger partial charge in [-0.2, -0.15) is 0 Å². The summed E-state index contributed by atoms with van der Waals surface area (Å²) in [7, 11) is 1.75. The molecule has 0 bridgehead atoms. The fraction of sp³-hybridized carbons (Fsp3) is 0.867. The van der Waals surface area contributed by atoms with E-state index in [1.54, 1.807) is 7.11 Å². The van der Waals surface area contributed by atoms with Gasteiger partial charge < -0.3 is 9.84 Å². The van der Waals surface area contributed by atoms with Gasteiger partial charge in [0.05, 0.1) is 6.10 Å². The molecule has 1 rings (SSSR count). The zero-order valence-corrected chi connectivity index (χ0v) is 11.3. The largest absolute Gasteiger partial charge is 0.392 e. The van der Waals surface area contributed by atoms with Gasteiger partial charge in [0.2, 0.25) is 0 Å². The Kier molecular flexibility index (Phi) is 6.62. The van der Waals surface area contributed by atoms with Gasteiger partial charge in [-0.3, -0.25) is 0 Å². The van der Waals surface area contributed by atoms with Gasteiger partial charge in [-0.05, 0) is 32.1 Å². The number of unbranched alkanes of at least 4 members (excludes halogenated alkanes) is 2. The summed E-state index contributed by atoms with van der Waals surface area (Å²) in [6.07, 6.45) is 9.22. The molecule has 17 heavy (non-hydrogen) atoms. The van der Waals surface area contributed by atoms with Gasteiger partial charge in [-0.1, -0.05) is 38.0 Å². The molecule has 0 saturated heterocycles. The van der Waals surface area contributed by atoms with Crippen molar-refractivity contribution in [3.63, 3.8) is 0 Å². The Morgan fingerprint density at radius 2 is 2.00 bits per heavy atom. The first kappa shape index (κ1) is 14.5. The summed E-state index contributed by atoms with van der Waals surface area (Å²) in [4.78, 5) is 0. The topological polar surface area (TPSA) is 29.5 Å². The second-order valence-electron chi connectivity index (χ2n) is 5.06. The standard InChI is InChI=1S/C15H26O2/c1-3-4-5-9-14(16)10-8-13-15(17-2)11-6-7-12-15/h14,16H,3-7,9-12H2,1-2H3. The van der Waals surface area contributed by atoms with Crippen LogP contribution in [-0.4, -0.2) is 23.9 Å². The van der Waals surface area contributed by atoms with Gasteiger partial charge in [0.25, 0.3) is 0 Å². The average molecular weight is 238 g/mol. The predicted octanol–water partition coefficient (Wildman–Crippen LogP) is 3.28. The van der Waals surface area contributed by atoms with Gasteiger partial charge >= 0.3 is 0 Å². The third kappa shape index (κ3) is 5.10. The SMILES string of the molecule is CCCCCC(O)CC#CC1(OC)CCCC1. The summed E-state index contributed by atoms with van der Waals surface area (Å²) < 4.78 is 5.52. The van der Waals surface area contributed by atoms with E-state index in [-0.39, 0.29) is 11.7 Å². The molecular formula is C15H26O2. The maximum atomic E-state index is 9.76. The molecular weight excluding hydrogens is 212 g/mol. The molecule has 2 heteroatoms. The van der Waals surface area contributed by atoms with Crippen LogP contribution in [0.15, 0.2) is 0 Å². The van der Waals surface area contributed by atoms with Crippen LogP contribution in [0.4, 0.5) is 0 Å². The number of rotatable bonds is 6. The minimum Gasteiger partial charge on any atom is -0.392 e. The third-order valence-electron chi connectivity index (χ3n) is 3.60. The van der Waals surface area contributed by atoms with Crippen LogP contribution < -0.4 is 0 Å². The zero-order chi connectivity index (χ0) is 12.6. The normalized spacial score (nSPS) is 19.7. The van der Waals surface area contributed by atoms with Crippen LogP contribution in [0.5, 0.6) is 0 Å². The van der Waals surface area contributed by atoms with Crippen molar-refractivity contribution in [2.75, 3.05) is 7.11 Å². The lowest BCUT2D eigenvalue weighted by Crippen LogP contribution is -2.24. The summed E-state index contributed by atoms with van der Waals surface area (Å²) in [5.74, 6) is 6.35. The minimum atomic E-state index is -0.260. The molecule has 0 aliphatic heterocycles. The first-order valence-electron chi connectivity index (χ1n) is 6.95. The van der Waals surface area contributed by atoms with Crippen molar-refractivity contribution in [2.45, 2.75) is 76.4 Å². The van der Waals surface area contributed by atoms with E-state index in [0.717, 1.165) is 25.7 Å². The first-order valence-corrected chi connectivity index (χ1v) is 6.95. The van der Waals surface area contributed by atoms with Crippen LogP contribution in [-0.2, 0) is 4.74 Å². The summed E-state index contributed by atoms with van der Waals surface area (Å²) in [6, 6.07) is 0. The Hall–Kier alpha value is -0.520. The Labute approximate surface area is 106 Å². The van der Waals surface area contributed by atoms with Crippen LogP contribution in [0, 0.1) is 11.8 Å². The summed E-state index contributed by atoms with van der Waals surface area (Å²) >= 11 is 0. The van der Waals surface area contributed by atoms with Gasteiger partial charge in [0.15, 0.2) is 0 Å². The Morgan fingerprint density at radius 3 is 2.59 bits per heavy atom. The molecule has 0 aromatic heterocycles. The van der Waals surface area contributed by atoms with Crippen molar-refractivity contribution in [3.8, 4) is 11.8 Å². The molecule has 0 radical (unpaired) electrons. The lowest BCUT2D eigenvalue weighted by atomic mass is 10.0. The van der Waals surface area contributed by atoms with Crippen molar-refractivity contribution in [1.82, 2.24) is 0 Å². The highest BCUT2D eigenvalue weighted by Crippen LogP contribution is 2.31. The molecule has 1 aliphatic carbocycles. The molecule has 0 aromatic rings. The van der Waals surface area contributed by atoms with E-state index in [0.29, 0.717) is 6.42 Å². The highest BCUT2D eigenvalue weighted by Gasteiger charge is 2.31. The second kappa shape index (κ2) is 7.74. The van der Waals surface area contributed by atoms with E-state index in [4.69, 9.17) is 4.74 Å². The van der Waals surface area contributed by atoms with Crippen LogP contribution in [0.3, 0.4) is 0 Å². The number of hydrogen-bond donors (Lipinski definition) is 1. The number of aliphatic hydroxyl groups is 1. The molecule has 2 nitrogen and oxygen atoms in total. The minimum absolute atomic E-state index is 0.205. The molecule has 1 saturated carbocycles. The van der Waals surface area contributed by atoms with Crippen molar-refractivity contribution < 1.29 is 9.84 Å². The molecule has 1 atom stereocenters. The van der Waals surface area contributed by atoms with Crippen LogP contribution in [0.1, 0.15) is 64.7 Å². The average Bonchev–Trinajstić information content (AvgIpc) is 2.79. The maximum Gasteiger partial charge on any atom is 0.128 e. The number of methoxy groups -OCH3 is 1. The fourth-order valence-electron chi connectivity index (χ4n) is 2.39. The zero-order valence-electron chi connectivity index (χ0n) is 11.3.